The van der Waals surface area contributed by atoms with E-state index < -0.39 is 0 Å². The van der Waals surface area contributed by atoms with Crippen LogP contribution in [0.25, 0.3) is 0 Å². The second kappa shape index (κ2) is 5.49. The van der Waals surface area contributed by atoms with Crippen LogP contribution in [0.2, 0.25) is 0 Å². The van der Waals surface area contributed by atoms with Gasteiger partial charge in [-0.2, -0.15) is 0 Å². The SMILES string of the molecule is O=C1CC(CBr)CN1Cc1ccc(I)cc1. The van der Waals surface area contributed by atoms with Gasteiger partial charge in [-0.15, -0.1) is 0 Å². The summed E-state index contributed by atoms with van der Waals surface area (Å²) in [5, 5.41) is 0.919. The standard InChI is InChI=1S/C12H13BrINO/c13-6-10-5-12(16)15(8-10)7-9-1-3-11(14)4-2-9/h1-4,10H,5-8H2. The molecule has 86 valence electrons. The van der Waals surface area contributed by atoms with E-state index in [4.69, 9.17) is 0 Å². The molecule has 16 heavy (non-hydrogen) atoms. The van der Waals surface area contributed by atoms with Gasteiger partial charge in [0, 0.05) is 28.4 Å². The number of alkyl halides is 1. The maximum atomic E-state index is 11.7. The van der Waals surface area contributed by atoms with Gasteiger partial charge in [0.1, 0.15) is 0 Å². The Labute approximate surface area is 118 Å². The highest BCUT2D eigenvalue weighted by Crippen LogP contribution is 2.21. The highest BCUT2D eigenvalue weighted by atomic mass is 127. The number of carbonyl (C=O) groups excluding carboxylic acids is 1. The fraction of sp³-hybridized carbons (Fsp3) is 0.417. The van der Waals surface area contributed by atoms with E-state index in [1.165, 1.54) is 9.13 Å². The summed E-state index contributed by atoms with van der Waals surface area (Å²) in [7, 11) is 0. The average molecular weight is 394 g/mol. The molecule has 1 unspecified atom stereocenters. The van der Waals surface area contributed by atoms with E-state index in [1.54, 1.807) is 0 Å². The van der Waals surface area contributed by atoms with Crippen molar-refractivity contribution in [1.82, 2.24) is 4.90 Å². The highest BCUT2D eigenvalue weighted by Gasteiger charge is 2.28. The summed E-state index contributed by atoms with van der Waals surface area (Å²) in [5.41, 5.74) is 1.21. The van der Waals surface area contributed by atoms with Crippen LogP contribution in [-0.2, 0) is 11.3 Å². The molecule has 0 aromatic heterocycles. The van der Waals surface area contributed by atoms with Gasteiger partial charge in [-0.1, -0.05) is 28.1 Å². The van der Waals surface area contributed by atoms with Crippen molar-refractivity contribution in [1.29, 1.82) is 0 Å². The van der Waals surface area contributed by atoms with Crippen LogP contribution in [0.15, 0.2) is 24.3 Å². The summed E-state index contributed by atoms with van der Waals surface area (Å²) in [5.74, 6) is 0.763. The Kier molecular flexibility index (Phi) is 4.24. The zero-order valence-corrected chi connectivity index (χ0v) is 12.6. The van der Waals surface area contributed by atoms with Gasteiger partial charge in [0.2, 0.25) is 5.91 Å². The van der Waals surface area contributed by atoms with E-state index >= 15 is 0 Å². The third-order valence-electron chi connectivity index (χ3n) is 2.80. The second-order valence-electron chi connectivity index (χ2n) is 4.13. The lowest BCUT2D eigenvalue weighted by molar-refractivity contribution is -0.128. The summed E-state index contributed by atoms with van der Waals surface area (Å²) < 4.78 is 1.23. The van der Waals surface area contributed by atoms with Crippen LogP contribution in [0, 0.1) is 9.49 Å². The zero-order chi connectivity index (χ0) is 11.5. The van der Waals surface area contributed by atoms with E-state index in [1.807, 2.05) is 4.90 Å². The molecule has 1 atom stereocenters. The molecule has 2 nitrogen and oxygen atoms in total. The van der Waals surface area contributed by atoms with E-state index in [9.17, 15) is 4.79 Å². The van der Waals surface area contributed by atoms with Gasteiger partial charge in [-0.3, -0.25) is 4.79 Å². The lowest BCUT2D eigenvalue weighted by Crippen LogP contribution is -2.24. The molecule has 1 fully saturated rings. The molecule has 0 bridgehead atoms. The number of halogens is 2. The maximum Gasteiger partial charge on any atom is 0.223 e. The van der Waals surface area contributed by atoms with Gasteiger partial charge < -0.3 is 4.90 Å². The number of amides is 1. The van der Waals surface area contributed by atoms with E-state index in [0.717, 1.165) is 18.4 Å². The Morgan fingerprint density at radius 2 is 2.06 bits per heavy atom. The fourth-order valence-corrected chi connectivity index (χ4v) is 2.71. The number of likely N-dealkylation sites (tertiary alicyclic amines) is 1. The summed E-state index contributed by atoms with van der Waals surface area (Å²) in [6.07, 6.45) is 0.690. The van der Waals surface area contributed by atoms with Gasteiger partial charge in [-0.05, 0) is 46.2 Å². The van der Waals surface area contributed by atoms with Crippen LogP contribution in [-0.4, -0.2) is 22.7 Å². The molecule has 1 aromatic rings. The minimum atomic E-state index is 0.281. The van der Waals surface area contributed by atoms with Gasteiger partial charge in [0.05, 0.1) is 0 Å². The van der Waals surface area contributed by atoms with Gasteiger partial charge in [0.25, 0.3) is 0 Å². The molecular weight excluding hydrogens is 381 g/mol. The normalized spacial score (nSPS) is 20.5. The number of hydrogen-bond acceptors (Lipinski definition) is 1. The molecule has 1 aliphatic heterocycles. The molecule has 1 aliphatic rings. The van der Waals surface area contributed by atoms with Crippen LogP contribution < -0.4 is 0 Å². The summed E-state index contributed by atoms with van der Waals surface area (Å²) in [4.78, 5) is 13.7. The average Bonchev–Trinajstić information content (AvgIpc) is 2.63. The predicted octanol–water partition coefficient (Wildman–Crippen LogP) is 3.03. The Balaban J connectivity index is 2.00. The number of nitrogens with zero attached hydrogens (tertiary/aromatic N) is 1. The lowest BCUT2D eigenvalue weighted by atomic mass is 10.2. The van der Waals surface area contributed by atoms with Gasteiger partial charge >= 0.3 is 0 Å². The minimum Gasteiger partial charge on any atom is -0.338 e. The third-order valence-corrected chi connectivity index (χ3v) is 4.43. The van der Waals surface area contributed by atoms with Crippen molar-refractivity contribution in [2.24, 2.45) is 5.92 Å². The molecule has 0 spiro atoms. The molecule has 0 radical (unpaired) electrons. The second-order valence-corrected chi connectivity index (χ2v) is 6.02. The summed E-state index contributed by atoms with van der Waals surface area (Å²) in [6.45, 7) is 1.63. The van der Waals surface area contributed by atoms with Crippen molar-refractivity contribution in [3.63, 3.8) is 0 Å². The zero-order valence-electron chi connectivity index (χ0n) is 8.83. The maximum absolute atomic E-state index is 11.7. The number of benzene rings is 1. The lowest BCUT2D eigenvalue weighted by Gasteiger charge is -2.16. The molecule has 1 aromatic carbocycles. The van der Waals surface area contributed by atoms with Crippen LogP contribution in [0.1, 0.15) is 12.0 Å². The molecule has 0 N–H and O–H groups in total. The Morgan fingerprint density at radius 3 is 2.62 bits per heavy atom. The first-order chi connectivity index (χ1) is 7.69. The van der Waals surface area contributed by atoms with E-state index in [-0.39, 0.29) is 5.91 Å². The monoisotopic (exact) mass is 393 g/mol. The van der Waals surface area contributed by atoms with Gasteiger partial charge in [0.15, 0.2) is 0 Å². The molecule has 1 amide bonds. The largest absolute Gasteiger partial charge is 0.338 e. The van der Waals surface area contributed by atoms with Crippen molar-refractivity contribution in [2.45, 2.75) is 13.0 Å². The smallest absolute Gasteiger partial charge is 0.223 e. The number of carbonyl (C=O) groups is 1. The molecular formula is C12H13BrINO. The minimum absolute atomic E-state index is 0.281. The van der Waals surface area contributed by atoms with Crippen molar-refractivity contribution < 1.29 is 4.79 Å². The quantitative estimate of drug-likeness (QED) is 0.571. The molecule has 0 saturated carbocycles. The third kappa shape index (κ3) is 2.97. The highest BCUT2D eigenvalue weighted by molar-refractivity contribution is 14.1. The Morgan fingerprint density at radius 1 is 1.38 bits per heavy atom. The fourth-order valence-electron chi connectivity index (χ4n) is 1.92. The number of hydrogen-bond donors (Lipinski definition) is 0. The van der Waals surface area contributed by atoms with Crippen molar-refractivity contribution in [2.75, 3.05) is 11.9 Å². The topological polar surface area (TPSA) is 20.3 Å². The molecule has 2 rings (SSSR count). The van der Waals surface area contributed by atoms with Crippen LogP contribution in [0.3, 0.4) is 0 Å². The summed E-state index contributed by atoms with van der Waals surface area (Å²) >= 11 is 5.73. The molecule has 4 heteroatoms. The van der Waals surface area contributed by atoms with E-state index in [0.29, 0.717) is 12.3 Å². The molecule has 0 aliphatic carbocycles. The Hall–Kier alpha value is -0.100. The van der Waals surface area contributed by atoms with E-state index in [2.05, 4.69) is 62.8 Å². The first kappa shape index (κ1) is 12.4. The first-order valence-corrected chi connectivity index (χ1v) is 7.47. The molecule has 1 heterocycles. The van der Waals surface area contributed by atoms with Crippen LogP contribution in [0.4, 0.5) is 0 Å². The number of rotatable bonds is 3. The van der Waals surface area contributed by atoms with Crippen LogP contribution >= 0.6 is 38.5 Å². The Bertz CT molecular complexity index is 379. The van der Waals surface area contributed by atoms with Crippen molar-refractivity contribution >= 4 is 44.4 Å². The van der Waals surface area contributed by atoms with Crippen molar-refractivity contribution in [3.8, 4) is 0 Å². The van der Waals surface area contributed by atoms with Crippen LogP contribution in [0.5, 0.6) is 0 Å². The first-order valence-electron chi connectivity index (χ1n) is 5.27. The summed E-state index contributed by atoms with van der Waals surface area (Å²) in [6, 6.07) is 8.35. The van der Waals surface area contributed by atoms with Gasteiger partial charge in [-0.25, -0.2) is 0 Å². The molecule has 1 saturated heterocycles. The predicted molar refractivity (Wildman–Crippen MR) is 76.5 cm³/mol. The van der Waals surface area contributed by atoms with Crippen molar-refractivity contribution in [3.05, 3.63) is 33.4 Å².